The molecule has 2 heterocycles. The first kappa shape index (κ1) is 17.6. The van der Waals surface area contributed by atoms with Crippen LogP contribution in [-0.2, 0) is 14.4 Å². The standard InChI is InChI=1S/C24H20N2O3/c1-16-10-8-9-15-19(16)21-20-22(29-26(21)18-13-6-3-7-14-18)24(28)25(23(20)27)17-11-4-2-5-12-17/h2-15,20-22H,1H3/t20-,21+,22-/m0/s1. The Morgan fingerprint density at radius 2 is 1.31 bits per heavy atom. The van der Waals surface area contributed by atoms with Gasteiger partial charge in [-0.25, -0.2) is 9.96 Å². The molecule has 0 saturated carbocycles. The minimum absolute atomic E-state index is 0.224. The lowest BCUT2D eigenvalue weighted by atomic mass is 9.88. The van der Waals surface area contributed by atoms with Gasteiger partial charge in [0.2, 0.25) is 5.91 Å². The van der Waals surface area contributed by atoms with E-state index in [1.807, 2.05) is 79.7 Å². The van der Waals surface area contributed by atoms with Crippen molar-refractivity contribution in [1.29, 1.82) is 0 Å². The highest BCUT2D eigenvalue weighted by Gasteiger charge is 2.60. The number of carbonyl (C=O) groups excluding carboxylic acids is 2. The molecule has 5 heteroatoms. The zero-order chi connectivity index (χ0) is 20.0. The molecule has 0 bridgehead atoms. The highest BCUT2D eigenvalue weighted by atomic mass is 16.7. The zero-order valence-corrected chi connectivity index (χ0v) is 15.9. The molecule has 0 aliphatic carbocycles. The average molecular weight is 384 g/mol. The van der Waals surface area contributed by atoms with Crippen molar-refractivity contribution in [2.45, 2.75) is 19.1 Å². The Kier molecular flexibility index (Phi) is 4.18. The van der Waals surface area contributed by atoms with E-state index < -0.39 is 12.0 Å². The lowest BCUT2D eigenvalue weighted by Crippen LogP contribution is -2.37. The summed E-state index contributed by atoms with van der Waals surface area (Å²) in [6, 6.07) is 26.2. The van der Waals surface area contributed by atoms with Crippen molar-refractivity contribution in [3.05, 3.63) is 96.1 Å². The third kappa shape index (κ3) is 2.74. The van der Waals surface area contributed by atoms with Crippen LogP contribution in [0.5, 0.6) is 0 Å². The van der Waals surface area contributed by atoms with E-state index >= 15 is 0 Å². The normalized spacial score (nSPS) is 23.6. The Labute approximate surface area is 169 Å². The molecule has 0 N–H and O–H groups in total. The van der Waals surface area contributed by atoms with E-state index in [-0.39, 0.29) is 17.9 Å². The number of amides is 2. The fourth-order valence-electron chi connectivity index (χ4n) is 4.28. The summed E-state index contributed by atoms with van der Waals surface area (Å²) in [5.74, 6) is -1.15. The zero-order valence-electron chi connectivity index (χ0n) is 15.9. The van der Waals surface area contributed by atoms with E-state index in [1.165, 1.54) is 4.90 Å². The third-order valence-electron chi connectivity index (χ3n) is 5.65. The molecule has 3 aromatic carbocycles. The van der Waals surface area contributed by atoms with Gasteiger partial charge in [-0.05, 0) is 42.3 Å². The molecule has 29 heavy (non-hydrogen) atoms. The molecule has 2 aliphatic heterocycles. The van der Waals surface area contributed by atoms with Gasteiger partial charge in [-0.3, -0.25) is 14.4 Å². The van der Waals surface area contributed by atoms with E-state index in [9.17, 15) is 9.59 Å². The second kappa shape index (κ2) is 6.87. The van der Waals surface area contributed by atoms with Crippen LogP contribution in [0.4, 0.5) is 11.4 Å². The Hall–Kier alpha value is -3.44. The number of hydroxylamine groups is 1. The van der Waals surface area contributed by atoms with Gasteiger partial charge in [-0.15, -0.1) is 0 Å². The second-order valence-corrected chi connectivity index (χ2v) is 7.36. The number of anilines is 2. The molecule has 144 valence electrons. The van der Waals surface area contributed by atoms with Gasteiger partial charge >= 0.3 is 0 Å². The monoisotopic (exact) mass is 384 g/mol. The van der Waals surface area contributed by atoms with Gasteiger partial charge in [-0.2, -0.15) is 0 Å². The maximum atomic E-state index is 13.5. The summed E-state index contributed by atoms with van der Waals surface area (Å²) in [7, 11) is 0. The summed E-state index contributed by atoms with van der Waals surface area (Å²) >= 11 is 0. The van der Waals surface area contributed by atoms with Crippen molar-refractivity contribution >= 4 is 23.2 Å². The van der Waals surface area contributed by atoms with E-state index in [2.05, 4.69) is 0 Å². The maximum absolute atomic E-state index is 13.5. The number of hydrogen-bond acceptors (Lipinski definition) is 4. The number of hydrogen-bond donors (Lipinski definition) is 0. The van der Waals surface area contributed by atoms with Crippen LogP contribution in [0.1, 0.15) is 17.2 Å². The lowest BCUT2D eigenvalue weighted by molar-refractivity contribution is -0.126. The van der Waals surface area contributed by atoms with E-state index in [0.29, 0.717) is 5.69 Å². The Morgan fingerprint density at radius 1 is 0.724 bits per heavy atom. The van der Waals surface area contributed by atoms with Crippen LogP contribution < -0.4 is 9.96 Å². The highest BCUT2D eigenvalue weighted by molar-refractivity contribution is 6.23. The quantitative estimate of drug-likeness (QED) is 0.640. The minimum Gasteiger partial charge on any atom is -0.273 e. The molecule has 0 radical (unpaired) electrons. The summed E-state index contributed by atoms with van der Waals surface area (Å²) in [6.45, 7) is 2.02. The van der Waals surface area contributed by atoms with Crippen molar-refractivity contribution < 1.29 is 14.4 Å². The summed E-state index contributed by atoms with van der Waals surface area (Å²) in [6.07, 6.45) is -0.840. The number of carbonyl (C=O) groups is 2. The molecule has 2 amide bonds. The predicted octanol–water partition coefficient (Wildman–Crippen LogP) is 4.05. The van der Waals surface area contributed by atoms with Crippen molar-refractivity contribution in [3.8, 4) is 0 Å². The molecule has 5 nitrogen and oxygen atoms in total. The molecule has 5 rings (SSSR count). The van der Waals surface area contributed by atoms with Gasteiger partial charge in [0, 0.05) is 0 Å². The van der Waals surface area contributed by atoms with Crippen LogP contribution in [0.15, 0.2) is 84.9 Å². The van der Waals surface area contributed by atoms with Crippen LogP contribution in [0.2, 0.25) is 0 Å². The summed E-state index contributed by atoms with van der Waals surface area (Å²) < 4.78 is 0. The molecule has 2 aliphatic rings. The first-order valence-electron chi connectivity index (χ1n) is 9.66. The number of fused-ring (bicyclic) bond motifs is 1. The molecule has 0 unspecified atom stereocenters. The largest absolute Gasteiger partial charge is 0.273 e. The van der Waals surface area contributed by atoms with Crippen LogP contribution in [0, 0.1) is 12.8 Å². The Balaban J connectivity index is 1.62. The molecule has 2 saturated heterocycles. The van der Waals surface area contributed by atoms with Gasteiger partial charge in [0.15, 0.2) is 6.10 Å². The highest BCUT2D eigenvalue weighted by Crippen LogP contribution is 2.48. The summed E-state index contributed by atoms with van der Waals surface area (Å²) in [4.78, 5) is 34.1. The van der Waals surface area contributed by atoms with Gasteiger partial charge in [0.05, 0.1) is 17.4 Å². The molecule has 3 atom stereocenters. The molecule has 3 aromatic rings. The number of nitrogens with zero attached hydrogens (tertiary/aromatic N) is 2. The Bertz CT molecular complexity index is 1070. The fourth-order valence-corrected chi connectivity index (χ4v) is 4.28. The summed E-state index contributed by atoms with van der Waals surface area (Å²) in [5.41, 5.74) is 3.44. The lowest BCUT2D eigenvalue weighted by Gasteiger charge is -2.29. The molecule has 2 fully saturated rings. The van der Waals surface area contributed by atoms with E-state index in [0.717, 1.165) is 16.8 Å². The topological polar surface area (TPSA) is 49.9 Å². The maximum Gasteiger partial charge on any atom is 0.266 e. The summed E-state index contributed by atoms with van der Waals surface area (Å²) in [5, 5.41) is 1.73. The molecule has 0 aromatic heterocycles. The number of imide groups is 1. The van der Waals surface area contributed by atoms with Gasteiger partial charge in [0.25, 0.3) is 5.91 Å². The third-order valence-corrected chi connectivity index (χ3v) is 5.65. The number of rotatable bonds is 3. The molecule has 0 spiro atoms. The van der Waals surface area contributed by atoms with E-state index in [4.69, 9.17) is 4.84 Å². The van der Waals surface area contributed by atoms with Gasteiger partial charge in [0.1, 0.15) is 5.92 Å². The first-order chi connectivity index (χ1) is 14.2. The number of para-hydroxylation sites is 2. The molecular weight excluding hydrogens is 364 g/mol. The molecular formula is C24H20N2O3. The van der Waals surface area contributed by atoms with Crippen LogP contribution in [0.25, 0.3) is 0 Å². The first-order valence-corrected chi connectivity index (χ1v) is 9.66. The Morgan fingerprint density at radius 3 is 1.97 bits per heavy atom. The van der Waals surface area contributed by atoms with E-state index in [1.54, 1.807) is 17.2 Å². The van der Waals surface area contributed by atoms with Gasteiger partial charge < -0.3 is 0 Å². The predicted molar refractivity (Wildman–Crippen MR) is 110 cm³/mol. The van der Waals surface area contributed by atoms with Crippen molar-refractivity contribution in [3.63, 3.8) is 0 Å². The number of benzene rings is 3. The van der Waals surface area contributed by atoms with Crippen LogP contribution in [0.3, 0.4) is 0 Å². The van der Waals surface area contributed by atoms with Gasteiger partial charge in [-0.1, -0.05) is 60.7 Å². The van der Waals surface area contributed by atoms with Crippen LogP contribution in [-0.4, -0.2) is 17.9 Å². The van der Waals surface area contributed by atoms with Crippen molar-refractivity contribution in [1.82, 2.24) is 0 Å². The fraction of sp³-hybridized carbons (Fsp3) is 0.167. The second-order valence-electron chi connectivity index (χ2n) is 7.36. The number of aryl methyl sites for hydroxylation is 1. The SMILES string of the molecule is Cc1ccccc1[C@@H]1[C@@H]2C(=O)N(c3ccccc3)C(=O)[C@H]2ON1c1ccccc1. The average Bonchev–Trinajstić information content (AvgIpc) is 3.26. The van der Waals surface area contributed by atoms with Crippen molar-refractivity contribution in [2.24, 2.45) is 5.92 Å². The van der Waals surface area contributed by atoms with Crippen LogP contribution >= 0.6 is 0 Å². The smallest absolute Gasteiger partial charge is 0.266 e. The van der Waals surface area contributed by atoms with Crippen molar-refractivity contribution in [2.75, 3.05) is 9.96 Å². The minimum atomic E-state index is -0.840.